The first kappa shape index (κ1) is 20.9. The van der Waals surface area contributed by atoms with Crippen LogP contribution in [0.1, 0.15) is 49.4 Å². The van der Waals surface area contributed by atoms with Crippen molar-refractivity contribution >= 4 is 38.4 Å². The number of likely N-dealkylation sites (tertiary alicyclic amines) is 1. The van der Waals surface area contributed by atoms with Gasteiger partial charge in [0, 0.05) is 12.7 Å². The van der Waals surface area contributed by atoms with Crippen molar-refractivity contribution in [2.75, 3.05) is 24.1 Å². The van der Waals surface area contributed by atoms with Crippen LogP contribution in [0.2, 0.25) is 0 Å². The number of hydrogen-bond donors (Lipinski definition) is 2. The van der Waals surface area contributed by atoms with E-state index < -0.39 is 6.17 Å². The summed E-state index contributed by atoms with van der Waals surface area (Å²) in [6.07, 6.45) is 1.09. The number of nitrogens with two attached hydrogens (primary N) is 1. The summed E-state index contributed by atoms with van der Waals surface area (Å²) < 4.78 is 14.2. The monoisotopic (exact) mass is 416 g/mol. The highest BCUT2D eigenvalue weighted by Gasteiger charge is 2.29. The number of pyridine rings is 1. The minimum absolute atomic E-state index is 0.0955. The molecule has 0 spiro atoms. The number of anilines is 2. The standard InChI is InChI=1S/C18H19FN6OS.C2H6/c1-10(12-4-2-3-6-21-12)22-18-23-13-8-14(20)27-16(13)15(24-18)17(26)25-7-5-11(19)9-25;1-2/h2-4,6,8,10-11H,5,7,9,20H2,1H3,(H,22,23,24);1-2H3/t10-,11+;/m0./s1. The number of carbonyl (C=O) groups is 1. The van der Waals surface area contributed by atoms with Crippen molar-refractivity contribution < 1.29 is 9.18 Å². The van der Waals surface area contributed by atoms with Gasteiger partial charge >= 0.3 is 0 Å². The number of rotatable bonds is 4. The highest BCUT2D eigenvalue weighted by atomic mass is 32.1. The Labute approximate surface area is 173 Å². The summed E-state index contributed by atoms with van der Waals surface area (Å²) >= 11 is 1.26. The largest absolute Gasteiger partial charge is 0.391 e. The normalized spacial score (nSPS) is 17.0. The van der Waals surface area contributed by atoms with Crippen molar-refractivity contribution in [3.63, 3.8) is 0 Å². The molecule has 7 nitrogen and oxygen atoms in total. The fraction of sp³-hybridized carbons (Fsp3) is 0.400. The number of nitrogens with one attached hydrogen (secondary N) is 1. The Bertz CT molecular complexity index is 980. The molecule has 0 aromatic carbocycles. The maximum absolute atomic E-state index is 13.5. The molecule has 2 atom stereocenters. The van der Waals surface area contributed by atoms with Crippen molar-refractivity contribution in [3.05, 3.63) is 41.9 Å². The van der Waals surface area contributed by atoms with Crippen LogP contribution in [-0.4, -0.2) is 45.0 Å². The third-order valence-corrected chi connectivity index (χ3v) is 5.45. The van der Waals surface area contributed by atoms with E-state index in [0.29, 0.717) is 34.1 Å². The van der Waals surface area contributed by atoms with Crippen LogP contribution in [0.4, 0.5) is 15.3 Å². The average molecular weight is 417 g/mol. The first-order valence-corrected chi connectivity index (χ1v) is 10.5. The highest BCUT2D eigenvalue weighted by Crippen LogP contribution is 2.31. The highest BCUT2D eigenvalue weighted by molar-refractivity contribution is 7.22. The lowest BCUT2D eigenvalue weighted by molar-refractivity contribution is 0.0779. The summed E-state index contributed by atoms with van der Waals surface area (Å²) in [5.74, 6) is 0.0238. The minimum atomic E-state index is -0.985. The number of nitrogen functional groups attached to an aromatic ring is 1. The zero-order chi connectivity index (χ0) is 21.0. The molecule has 3 aromatic heterocycles. The van der Waals surface area contributed by atoms with Gasteiger partial charge in [0.05, 0.1) is 33.5 Å². The molecule has 0 aliphatic carbocycles. The molecule has 0 radical (unpaired) electrons. The Morgan fingerprint density at radius 1 is 1.38 bits per heavy atom. The Balaban J connectivity index is 0.00000117. The summed E-state index contributed by atoms with van der Waals surface area (Å²) in [5, 5.41) is 3.74. The number of carbonyl (C=O) groups excluding carboxylic acids is 1. The molecule has 0 saturated carbocycles. The van der Waals surface area contributed by atoms with E-state index >= 15 is 0 Å². The van der Waals surface area contributed by atoms with Crippen LogP contribution in [0, 0.1) is 0 Å². The number of aromatic nitrogens is 3. The molecule has 29 heavy (non-hydrogen) atoms. The topological polar surface area (TPSA) is 97.0 Å². The van der Waals surface area contributed by atoms with Crippen LogP contribution in [0.15, 0.2) is 30.5 Å². The van der Waals surface area contributed by atoms with Gasteiger partial charge in [0.25, 0.3) is 5.91 Å². The van der Waals surface area contributed by atoms with Crippen molar-refractivity contribution in [3.8, 4) is 0 Å². The molecular formula is C20H25FN6OS. The smallest absolute Gasteiger partial charge is 0.274 e. The number of alkyl halides is 1. The van der Waals surface area contributed by atoms with Crippen molar-refractivity contribution in [2.24, 2.45) is 0 Å². The Morgan fingerprint density at radius 2 is 2.17 bits per heavy atom. The average Bonchev–Trinajstić information content (AvgIpc) is 3.33. The van der Waals surface area contributed by atoms with Crippen molar-refractivity contribution in [1.29, 1.82) is 0 Å². The number of amides is 1. The Kier molecular flexibility index (Phi) is 6.58. The molecule has 4 heterocycles. The van der Waals surface area contributed by atoms with Gasteiger partial charge in [-0.1, -0.05) is 19.9 Å². The number of fused-ring (bicyclic) bond motifs is 1. The summed E-state index contributed by atoms with van der Waals surface area (Å²) in [7, 11) is 0. The number of hydrogen-bond acceptors (Lipinski definition) is 7. The molecule has 1 amide bonds. The minimum Gasteiger partial charge on any atom is -0.391 e. The summed E-state index contributed by atoms with van der Waals surface area (Å²) in [5.41, 5.74) is 7.60. The van der Waals surface area contributed by atoms with Gasteiger partial charge < -0.3 is 16.0 Å². The van der Waals surface area contributed by atoms with Crippen LogP contribution in [-0.2, 0) is 0 Å². The van der Waals surface area contributed by atoms with Crippen LogP contribution in [0.5, 0.6) is 0 Å². The van der Waals surface area contributed by atoms with Gasteiger partial charge in [-0.05, 0) is 31.5 Å². The zero-order valence-electron chi connectivity index (χ0n) is 16.7. The van der Waals surface area contributed by atoms with Gasteiger partial charge in [-0.25, -0.2) is 14.4 Å². The molecule has 154 valence electrons. The first-order chi connectivity index (χ1) is 14.0. The quantitative estimate of drug-likeness (QED) is 0.666. The fourth-order valence-electron chi connectivity index (χ4n) is 3.11. The summed E-state index contributed by atoms with van der Waals surface area (Å²) in [6.45, 7) is 6.42. The molecule has 0 bridgehead atoms. The molecule has 4 rings (SSSR count). The Hall–Kier alpha value is -2.81. The lowest BCUT2D eigenvalue weighted by atomic mass is 10.2. The van der Waals surface area contributed by atoms with E-state index in [9.17, 15) is 9.18 Å². The zero-order valence-corrected chi connectivity index (χ0v) is 17.5. The second-order valence-corrected chi connectivity index (χ2v) is 7.60. The van der Waals surface area contributed by atoms with E-state index in [1.807, 2.05) is 39.0 Å². The SMILES string of the molecule is CC.C[C@H](Nc1nc(C(=O)N2CC[C@@H](F)C2)c2sc(N)cc2n1)c1ccccn1. The van der Waals surface area contributed by atoms with Crippen LogP contribution in [0.25, 0.3) is 10.2 Å². The van der Waals surface area contributed by atoms with Gasteiger partial charge in [0.2, 0.25) is 5.95 Å². The van der Waals surface area contributed by atoms with Gasteiger partial charge in [-0.15, -0.1) is 11.3 Å². The second-order valence-electron chi connectivity index (χ2n) is 6.52. The van der Waals surface area contributed by atoms with E-state index in [1.165, 1.54) is 16.2 Å². The summed E-state index contributed by atoms with van der Waals surface area (Å²) in [4.78, 5) is 27.7. The third-order valence-electron chi connectivity index (χ3n) is 4.49. The molecule has 1 aliphatic rings. The number of thiophene rings is 1. The molecule has 3 N–H and O–H groups in total. The van der Waals surface area contributed by atoms with Gasteiger partial charge in [0.15, 0.2) is 5.69 Å². The fourth-order valence-corrected chi connectivity index (χ4v) is 3.95. The third kappa shape index (κ3) is 4.61. The molecule has 9 heteroatoms. The molecule has 1 fully saturated rings. The van der Waals surface area contributed by atoms with E-state index in [-0.39, 0.29) is 24.2 Å². The molecule has 0 unspecified atom stereocenters. The first-order valence-electron chi connectivity index (χ1n) is 9.69. The van der Waals surface area contributed by atoms with Crippen LogP contribution < -0.4 is 11.1 Å². The molecule has 1 saturated heterocycles. The second kappa shape index (κ2) is 9.13. The molecule has 1 aliphatic heterocycles. The lowest BCUT2D eigenvalue weighted by Gasteiger charge is -2.17. The van der Waals surface area contributed by atoms with E-state index in [4.69, 9.17) is 5.73 Å². The maximum Gasteiger partial charge on any atom is 0.274 e. The molecular weight excluding hydrogens is 391 g/mol. The van der Waals surface area contributed by atoms with E-state index in [1.54, 1.807) is 12.3 Å². The van der Waals surface area contributed by atoms with Crippen LogP contribution in [0.3, 0.4) is 0 Å². The predicted octanol–water partition coefficient (Wildman–Crippen LogP) is 4.05. The maximum atomic E-state index is 13.5. The van der Waals surface area contributed by atoms with E-state index in [0.717, 1.165) is 5.69 Å². The lowest BCUT2D eigenvalue weighted by Crippen LogP contribution is -2.30. The molecule has 3 aromatic rings. The van der Waals surface area contributed by atoms with Crippen LogP contribution >= 0.6 is 11.3 Å². The van der Waals surface area contributed by atoms with Crippen molar-refractivity contribution in [2.45, 2.75) is 39.4 Å². The number of halogens is 1. The van der Waals surface area contributed by atoms with Gasteiger partial charge in [-0.2, -0.15) is 0 Å². The number of nitrogens with zero attached hydrogens (tertiary/aromatic N) is 4. The van der Waals surface area contributed by atoms with E-state index in [2.05, 4.69) is 20.3 Å². The van der Waals surface area contributed by atoms with Gasteiger partial charge in [0.1, 0.15) is 6.17 Å². The summed E-state index contributed by atoms with van der Waals surface area (Å²) in [6, 6.07) is 7.22. The van der Waals surface area contributed by atoms with Crippen molar-refractivity contribution in [1.82, 2.24) is 19.9 Å². The Morgan fingerprint density at radius 3 is 2.83 bits per heavy atom. The predicted molar refractivity (Wildman–Crippen MR) is 115 cm³/mol. The van der Waals surface area contributed by atoms with Gasteiger partial charge in [-0.3, -0.25) is 9.78 Å².